The molecule has 0 spiro atoms. The van der Waals surface area contributed by atoms with Crippen LogP contribution in [-0.2, 0) is 13.0 Å². The van der Waals surface area contributed by atoms with E-state index in [0.29, 0.717) is 0 Å². The number of rotatable bonds is 7. The van der Waals surface area contributed by atoms with Crippen molar-refractivity contribution in [1.29, 1.82) is 0 Å². The third-order valence-corrected chi connectivity index (χ3v) is 3.13. The van der Waals surface area contributed by atoms with E-state index >= 15 is 0 Å². The summed E-state index contributed by atoms with van der Waals surface area (Å²) in [7, 11) is 0. The van der Waals surface area contributed by atoms with Gasteiger partial charge in [-0.2, -0.15) is 0 Å². The van der Waals surface area contributed by atoms with Crippen molar-refractivity contribution in [3.8, 4) is 0 Å². The molecule has 88 valence electrons. The van der Waals surface area contributed by atoms with E-state index in [0.717, 1.165) is 32.1 Å². The van der Waals surface area contributed by atoms with Crippen LogP contribution in [0.2, 0.25) is 0 Å². The Bertz CT molecular complexity index is 318. The highest BCUT2D eigenvalue weighted by Gasteiger charge is 2.19. The molecule has 1 aromatic carbocycles. The minimum Gasteiger partial charge on any atom is -0.313 e. The van der Waals surface area contributed by atoms with Gasteiger partial charge in [0.15, 0.2) is 0 Å². The Labute approximate surface area is 98.4 Å². The van der Waals surface area contributed by atoms with Crippen LogP contribution in [0.25, 0.3) is 0 Å². The lowest BCUT2D eigenvalue weighted by molar-refractivity contribution is 0.607. The molecule has 16 heavy (non-hydrogen) atoms. The van der Waals surface area contributed by atoms with E-state index in [1.54, 1.807) is 0 Å². The molecule has 1 saturated carbocycles. The van der Waals surface area contributed by atoms with Crippen LogP contribution in [0.1, 0.15) is 30.9 Å². The summed E-state index contributed by atoms with van der Waals surface area (Å²) >= 11 is 0. The van der Waals surface area contributed by atoms with E-state index in [9.17, 15) is 0 Å². The topological polar surface area (TPSA) is 24.1 Å². The van der Waals surface area contributed by atoms with E-state index in [1.165, 1.54) is 24.0 Å². The molecule has 0 heterocycles. The molecule has 0 unspecified atom stereocenters. The summed E-state index contributed by atoms with van der Waals surface area (Å²) in [6.07, 6.45) is 3.87. The van der Waals surface area contributed by atoms with Gasteiger partial charge >= 0.3 is 0 Å². The van der Waals surface area contributed by atoms with E-state index in [4.69, 9.17) is 0 Å². The van der Waals surface area contributed by atoms with Gasteiger partial charge < -0.3 is 10.6 Å². The van der Waals surface area contributed by atoms with Crippen molar-refractivity contribution in [3.63, 3.8) is 0 Å². The second kappa shape index (κ2) is 6.02. The van der Waals surface area contributed by atoms with Crippen molar-refractivity contribution < 1.29 is 0 Å². The van der Waals surface area contributed by atoms with Gasteiger partial charge in [0.05, 0.1) is 0 Å². The first-order valence-corrected chi connectivity index (χ1v) is 6.41. The van der Waals surface area contributed by atoms with Crippen molar-refractivity contribution in [1.82, 2.24) is 10.6 Å². The molecule has 2 nitrogen and oxygen atoms in total. The first-order chi connectivity index (χ1) is 7.90. The molecule has 0 aliphatic heterocycles. The molecular weight excluding hydrogens is 196 g/mol. The molecule has 0 amide bonds. The second-order valence-corrected chi connectivity index (χ2v) is 4.53. The third kappa shape index (κ3) is 3.62. The molecule has 1 aliphatic carbocycles. The Hall–Kier alpha value is -0.860. The van der Waals surface area contributed by atoms with Crippen LogP contribution < -0.4 is 10.6 Å². The lowest BCUT2D eigenvalue weighted by Crippen LogP contribution is -2.28. The summed E-state index contributed by atoms with van der Waals surface area (Å²) in [6.45, 7) is 5.37. The maximum absolute atomic E-state index is 3.51. The maximum Gasteiger partial charge on any atom is 0.0208 e. The average Bonchev–Trinajstić information content (AvgIpc) is 3.13. The molecule has 2 N–H and O–H groups in total. The van der Waals surface area contributed by atoms with Gasteiger partial charge in [-0.1, -0.05) is 31.2 Å². The van der Waals surface area contributed by atoms with Gasteiger partial charge in [0.2, 0.25) is 0 Å². The molecule has 2 rings (SSSR count). The van der Waals surface area contributed by atoms with Gasteiger partial charge in [-0.05, 0) is 30.4 Å². The van der Waals surface area contributed by atoms with Gasteiger partial charge in [0.25, 0.3) is 0 Å². The number of hydrogen-bond donors (Lipinski definition) is 2. The molecule has 2 heteroatoms. The van der Waals surface area contributed by atoms with Crippen LogP contribution in [0.3, 0.4) is 0 Å². The van der Waals surface area contributed by atoms with Gasteiger partial charge in [-0.15, -0.1) is 0 Å². The molecule has 1 aliphatic rings. The predicted octanol–water partition coefficient (Wildman–Crippen LogP) is 2.09. The summed E-state index contributed by atoms with van der Waals surface area (Å²) in [4.78, 5) is 0. The maximum atomic E-state index is 3.51. The van der Waals surface area contributed by atoms with Gasteiger partial charge in [0, 0.05) is 25.7 Å². The fraction of sp³-hybridized carbons (Fsp3) is 0.571. The summed E-state index contributed by atoms with van der Waals surface area (Å²) in [5.41, 5.74) is 2.90. The van der Waals surface area contributed by atoms with Crippen molar-refractivity contribution in [3.05, 3.63) is 35.4 Å². The van der Waals surface area contributed by atoms with E-state index in [-0.39, 0.29) is 0 Å². The first-order valence-electron chi connectivity index (χ1n) is 6.41. The molecule has 0 aromatic heterocycles. The Balaban J connectivity index is 1.67. The monoisotopic (exact) mass is 218 g/mol. The Kier molecular flexibility index (Phi) is 4.37. The van der Waals surface area contributed by atoms with Crippen LogP contribution >= 0.6 is 0 Å². The van der Waals surface area contributed by atoms with Gasteiger partial charge in [0.1, 0.15) is 0 Å². The normalized spacial score (nSPS) is 15.3. The van der Waals surface area contributed by atoms with Crippen LogP contribution in [0, 0.1) is 0 Å². The highest BCUT2D eigenvalue weighted by Crippen LogP contribution is 2.17. The van der Waals surface area contributed by atoms with E-state index in [1.807, 2.05) is 0 Å². The van der Waals surface area contributed by atoms with Crippen LogP contribution in [0.5, 0.6) is 0 Å². The SMILES string of the molecule is CCc1ccccc1CNCCNC1CC1. The number of aryl methyl sites for hydroxylation is 1. The molecule has 0 atom stereocenters. The van der Waals surface area contributed by atoms with Gasteiger partial charge in [-0.25, -0.2) is 0 Å². The minimum absolute atomic E-state index is 0.824. The van der Waals surface area contributed by atoms with Crippen molar-refractivity contribution in [2.45, 2.75) is 38.8 Å². The molecule has 1 fully saturated rings. The van der Waals surface area contributed by atoms with Gasteiger partial charge in [-0.3, -0.25) is 0 Å². The first kappa shape index (κ1) is 11.6. The quantitative estimate of drug-likeness (QED) is 0.685. The van der Waals surface area contributed by atoms with Crippen LogP contribution in [0.4, 0.5) is 0 Å². The zero-order chi connectivity index (χ0) is 11.2. The fourth-order valence-electron chi connectivity index (χ4n) is 1.95. The Morgan fingerprint density at radius 2 is 1.88 bits per heavy atom. The smallest absolute Gasteiger partial charge is 0.0208 e. The van der Waals surface area contributed by atoms with Crippen LogP contribution in [0.15, 0.2) is 24.3 Å². The number of nitrogens with one attached hydrogen (secondary N) is 2. The zero-order valence-electron chi connectivity index (χ0n) is 10.1. The summed E-state index contributed by atoms with van der Waals surface area (Å²) in [5, 5.41) is 7.01. The Morgan fingerprint density at radius 1 is 1.12 bits per heavy atom. The van der Waals surface area contributed by atoms with E-state index < -0.39 is 0 Å². The van der Waals surface area contributed by atoms with Crippen molar-refractivity contribution in [2.75, 3.05) is 13.1 Å². The third-order valence-electron chi connectivity index (χ3n) is 3.13. The minimum atomic E-state index is 0.824. The molecule has 0 radical (unpaired) electrons. The highest BCUT2D eigenvalue weighted by atomic mass is 15.0. The fourth-order valence-corrected chi connectivity index (χ4v) is 1.95. The zero-order valence-corrected chi connectivity index (χ0v) is 10.1. The number of hydrogen-bond acceptors (Lipinski definition) is 2. The molecule has 1 aromatic rings. The van der Waals surface area contributed by atoms with Crippen molar-refractivity contribution in [2.24, 2.45) is 0 Å². The highest BCUT2D eigenvalue weighted by molar-refractivity contribution is 5.26. The summed E-state index contributed by atoms with van der Waals surface area (Å²) < 4.78 is 0. The summed E-state index contributed by atoms with van der Waals surface area (Å²) in [6, 6.07) is 9.51. The molecular formula is C14H22N2. The lowest BCUT2D eigenvalue weighted by atomic mass is 10.1. The lowest BCUT2D eigenvalue weighted by Gasteiger charge is -2.09. The number of benzene rings is 1. The molecule has 0 bridgehead atoms. The predicted molar refractivity (Wildman–Crippen MR) is 68.6 cm³/mol. The van der Waals surface area contributed by atoms with Crippen LogP contribution in [-0.4, -0.2) is 19.1 Å². The van der Waals surface area contributed by atoms with Crippen molar-refractivity contribution >= 4 is 0 Å². The van der Waals surface area contributed by atoms with E-state index in [2.05, 4.69) is 41.8 Å². The average molecular weight is 218 g/mol. The second-order valence-electron chi connectivity index (χ2n) is 4.53. The Morgan fingerprint density at radius 3 is 2.56 bits per heavy atom. The standard InChI is InChI=1S/C14H22N2/c1-2-12-5-3-4-6-13(12)11-15-9-10-16-14-7-8-14/h3-6,14-16H,2,7-11H2,1H3. The summed E-state index contributed by atoms with van der Waals surface area (Å²) in [5.74, 6) is 0. The largest absolute Gasteiger partial charge is 0.313 e. The molecule has 0 saturated heterocycles.